The SMILES string of the molecule is C[CH-]C(C)C1[CH-][N+]2([O-])C(C)NNC2[C@H](CC(=O)NCC)N=C1c1ccc(N2CC(N(C)C3CCN(C4NCC(C(=O)NC5C(C)(C)C(Oc6ccc(C#N)c(Cl)c6)C5(C)C)CN4)CC3)C2)cc1.[Os+2]. The summed E-state index contributed by atoms with van der Waals surface area (Å²) >= 11 is 6.29. The van der Waals surface area contributed by atoms with Crippen molar-refractivity contribution in [1.82, 2.24) is 41.9 Å². The normalized spacial score (nSPS) is 32.0. The third kappa shape index (κ3) is 10.3. The first-order chi connectivity index (χ1) is 31.9. The van der Waals surface area contributed by atoms with Crippen LogP contribution in [0.5, 0.6) is 5.75 Å². The number of hydrogen-bond donors (Lipinski definition) is 6. The zero-order chi connectivity index (χ0) is 48.0. The summed E-state index contributed by atoms with van der Waals surface area (Å²) in [5.74, 6) is 0.209. The third-order valence-corrected chi connectivity index (χ3v) is 16.4. The van der Waals surface area contributed by atoms with Crippen molar-refractivity contribution in [3.8, 4) is 11.8 Å². The molecular formula is C50H73ClN12O4Os. The maximum Gasteiger partial charge on any atom is 2.00 e. The molecule has 68 heavy (non-hydrogen) atoms. The number of hydrazine groups is 1. The van der Waals surface area contributed by atoms with E-state index in [0.717, 1.165) is 50.3 Å². The molecule has 5 unspecified atom stereocenters. The second kappa shape index (κ2) is 21.2. The zero-order valence-corrected chi connectivity index (χ0v) is 44.5. The number of hydrogen-bond acceptors (Lipinski definition) is 13. The second-order valence-electron chi connectivity index (χ2n) is 21.1. The Morgan fingerprint density at radius 2 is 1.75 bits per heavy atom. The van der Waals surface area contributed by atoms with Crippen LogP contribution in [0.3, 0.4) is 0 Å². The number of halogens is 1. The summed E-state index contributed by atoms with van der Waals surface area (Å²) in [5, 5.41) is 37.7. The van der Waals surface area contributed by atoms with E-state index in [-0.39, 0.29) is 85.0 Å². The molecule has 6 atom stereocenters. The van der Waals surface area contributed by atoms with E-state index in [2.05, 4.69) is 125 Å². The number of anilines is 1. The van der Waals surface area contributed by atoms with Crippen molar-refractivity contribution in [2.24, 2.45) is 33.6 Å². The van der Waals surface area contributed by atoms with Crippen LogP contribution in [-0.2, 0) is 29.4 Å². The van der Waals surface area contributed by atoms with Gasteiger partial charge in [0.05, 0.1) is 22.9 Å². The van der Waals surface area contributed by atoms with E-state index in [1.165, 1.54) is 5.69 Å². The number of likely N-dealkylation sites (tertiary alicyclic amines) is 1. The molecule has 8 rings (SSSR count). The number of rotatable bonds is 14. The fourth-order valence-electron chi connectivity index (χ4n) is 11.9. The second-order valence-corrected chi connectivity index (χ2v) is 21.5. The molecule has 2 aromatic carbocycles. The van der Waals surface area contributed by atoms with Crippen LogP contribution >= 0.6 is 11.6 Å². The Morgan fingerprint density at radius 1 is 1.09 bits per heavy atom. The number of quaternary nitrogens is 1. The Morgan fingerprint density at radius 3 is 2.35 bits per heavy atom. The number of nitrogens with zero attached hydrogens (tertiary/aromatic N) is 6. The quantitative estimate of drug-likeness (QED) is 0.0898. The van der Waals surface area contributed by atoms with E-state index in [9.17, 15) is 20.1 Å². The summed E-state index contributed by atoms with van der Waals surface area (Å²) in [6, 6.07) is 16.2. The van der Waals surface area contributed by atoms with Crippen LogP contribution in [0.25, 0.3) is 0 Å². The molecule has 0 aromatic heterocycles. The number of likely N-dealkylation sites (N-methyl/N-ethyl adjacent to an activating group) is 1. The molecule has 2 amide bonds. The van der Waals surface area contributed by atoms with Gasteiger partial charge < -0.3 is 36.5 Å². The van der Waals surface area contributed by atoms with E-state index in [4.69, 9.17) is 21.3 Å². The molecule has 0 bridgehead atoms. The molecule has 18 heteroatoms. The molecular weight excluding hydrogens is 1060 g/mol. The van der Waals surface area contributed by atoms with Gasteiger partial charge in [0.25, 0.3) is 0 Å². The number of piperidine rings is 1. The molecule has 372 valence electrons. The number of benzene rings is 2. The maximum atomic E-state index is 14.5. The largest absolute Gasteiger partial charge is 2.00 e. The minimum atomic E-state index is -0.614. The smallest absolute Gasteiger partial charge is 0.659 e. The monoisotopic (exact) mass is 1130 g/mol. The number of ether oxygens (including phenoxy) is 1. The van der Waals surface area contributed by atoms with E-state index >= 15 is 0 Å². The van der Waals surface area contributed by atoms with E-state index < -0.39 is 23.0 Å². The molecule has 1 saturated carbocycles. The molecule has 0 radical (unpaired) electrons. The van der Waals surface area contributed by atoms with Crippen molar-refractivity contribution in [3.05, 3.63) is 76.8 Å². The van der Waals surface area contributed by atoms with Crippen LogP contribution < -0.4 is 41.8 Å². The predicted molar refractivity (Wildman–Crippen MR) is 262 cm³/mol. The molecule has 6 N–H and O–H groups in total. The molecule has 5 aliphatic heterocycles. The first kappa shape index (κ1) is 52.6. The van der Waals surface area contributed by atoms with E-state index in [1.54, 1.807) is 18.2 Å². The molecule has 6 aliphatic rings. The number of nitriles is 1. The van der Waals surface area contributed by atoms with Gasteiger partial charge in [-0.2, -0.15) is 18.1 Å². The molecule has 1 aliphatic carbocycles. The van der Waals surface area contributed by atoms with Gasteiger partial charge in [-0.3, -0.25) is 35.0 Å². The number of carbonyl (C=O) groups excluding carboxylic acids is 2. The number of nitrogens with one attached hydrogen (secondary N) is 6. The summed E-state index contributed by atoms with van der Waals surface area (Å²) in [6.45, 7) is 24.0. The van der Waals surface area contributed by atoms with Gasteiger partial charge in [-0.15, -0.1) is 6.54 Å². The fraction of sp³-hybridized carbons (Fsp3) is 0.640. The number of amides is 2. The number of hydroxylamine groups is 3. The van der Waals surface area contributed by atoms with Crippen molar-refractivity contribution in [3.63, 3.8) is 0 Å². The van der Waals surface area contributed by atoms with Gasteiger partial charge in [0, 0.05) is 99.2 Å². The summed E-state index contributed by atoms with van der Waals surface area (Å²) < 4.78 is 5.82. The predicted octanol–water partition coefficient (Wildman–Crippen LogP) is 4.32. The third-order valence-electron chi connectivity index (χ3n) is 16.1. The van der Waals surface area contributed by atoms with Crippen molar-refractivity contribution in [2.75, 3.05) is 57.8 Å². The first-order valence-corrected chi connectivity index (χ1v) is 24.8. The Kier molecular flexibility index (Phi) is 16.4. The Bertz CT molecular complexity index is 2150. The molecule has 16 nitrogen and oxygen atoms in total. The van der Waals surface area contributed by atoms with Crippen LogP contribution in [0, 0.1) is 58.1 Å². The Hall–Kier alpha value is -3.25. The average molecular weight is 1130 g/mol. The Labute approximate surface area is 422 Å². The van der Waals surface area contributed by atoms with E-state index in [0.29, 0.717) is 48.1 Å². The minimum absolute atomic E-state index is 0. The van der Waals surface area contributed by atoms with Crippen LogP contribution in [0.4, 0.5) is 5.69 Å². The minimum Gasteiger partial charge on any atom is -0.659 e. The molecule has 5 fully saturated rings. The molecule has 5 heterocycles. The zero-order valence-electron chi connectivity index (χ0n) is 41.2. The van der Waals surface area contributed by atoms with Gasteiger partial charge in [0.15, 0.2) is 6.17 Å². The Balaban J connectivity index is 0.00000684. The van der Waals surface area contributed by atoms with Gasteiger partial charge >= 0.3 is 19.8 Å². The number of carbonyl (C=O) groups is 2. The maximum absolute atomic E-state index is 14.5. The van der Waals surface area contributed by atoms with Gasteiger partial charge in [0.2, 0.25) is 11.8 Å². The first-order valence-electron chi connectivity index (χ1n) is 24.4. The van der Waals surface area contributed by atoms with Crippen LogP contribution in [0.2, 0.25) is 5.02 Å². The van der Waals surface area contributed by atoms with Crippen molar-refractivity contribution < 1.29 is 38.8 Å². The van der Waals surface area contributed by atoms with Gasteiger partial charge in [-0.1, -0.05) is 64.3 Å². The number of fused-ring (bicyclic) bond motifs is 1. The number of aliphatic imine (C=N–C) groups is 1. The summed E-state index contributed by atoms with van der Waals surface area (Å²) in [5.41, 5.74) is 9.10. The summed E-state index contributed by atoms with van der Waals surface area (Å²) in [7, 11) is 2.28. The van der Waals surface area contributed by atoms with Crippen molar-refractivity contribution in [1.29, 1.82) is 5.26 Å². The average Bonchev–Trinajstić information content (AvgIpc) is 3.52. The van der Waals surface area contributed by atoms with Gasteiger partial charge in [0.1, 0.15) is 36.4 Å². The van der Waals surface area contributed by atoms with Crippen molar-refractivity contribution in [2.45, 2.75) is 124 Å². The topological polar surface area (TPSA) is 184 Å². The molecule has 0 spiro atoms. The van der Waals surface area contributed by atoms with Crippen LogP contribution in [-0.4, -0.2) is 134 Å². The fourth-order valence-corrected chi connectivity index (χ4v) is 12.1. The van der Waals surface area contributed by atoms with Gasteiger partial charge in [-0.25, -0.2) is 10.9 Å². The van der Waals surface area contributed by atoms with Crippen LogP contribution in [0.1, 0.15) is 85.8 Å². The summed E-state index contributed by atoms with van der Waals surface area (Å²) in [4.78, 5) is 39.3. The standard InChI is InChI=1S/C50H73ClN12O4.Os/c1-10-30(3)39-29-63(66)31(4)58-59-44(63)41(23-42(64)53-11-2)56-43(39)32-12-15-36(16-13-32)62-27-37(28-62)60(9)35-18-20-61(21-19-35)48-54-25-34(26-55-48)45(65)57-46-49(5,6)47(50(46,7)8)67-38-17-14-33(24-52)40(51)22-38;/h10,12-17,22,29-31,34-35,37,39,41,44,46-48,54-55,58-59H,11,18-21,23,25-28H2,1-9H3,(H,53,64)(H,57,65);/q-2;+2/t30?,31?,34?,39?,41-,44?,46?,47?,48?,63?;/m0./s1. The van der Waals surface area contributed by atoms with Crippen molar-refractivity contribution >= 4 is 34.8 Å². The molecule has 4 saturated heterocycles. The van der Waals surface area contributed by atoms with Crippen LogP contribution in [0.15, 0.2) is 47.5 Å². The van der Waals surface area contributed by atoms with E-state index in [1.807, 2.05) is 27.3 Å². The van der Waals surface area contributed by atoms with Gasteiger partial charge in [-0.05, 0) is 56.6 Å². The summed E-state index contributed by atoms with van der Waals surface area (Å²) in [6.07, 6.45) is 3.27. The molecule has 2 aromatic rings.